The summed E-state index contributed by atoms with van der Waals surface area (Å²) in [7, 11) is 0. The molecule has 2 aromatic rings. The van der Waals surface area contributed by atoms with Crippen LogP contribution in [0.15, 0.2) is 24.3 Å². The molecule has 58 heavy (non-hydrogen) atoms. The maximum Gasteiger partial charge on any atom is 0.314 e. The lowest BCUT2D eigenvalue weighted by Crippen LogP contribution is -2.41. The quantitative estimate of drug-likeness (QED) is 0.0271. The molecule has 2 rings (SSSR count). The number of aliphatic hydroxyl groups excluding tert-OH is 1. The Morgan fingerprint density at radius 3 is 1.67 bits per heavy atom. The summed E-state index contributed by atoms with van der Waals surface area (Å²) < 4.78 is 32.6. The molecule has 12 N–H and O–H groups in total. The molecule has 0 radical (unpaired) electrons. The Kier molecular flexibility index (Phi) is 27.4. The lowest BCUT2D eigenvalue weighted by atomic mass is 10.1. The van der Waals surface area contributed by atoms with Gasteiger partial charge >= 0.3 is 12.1 Å². The maximum absolute atomic E-state index is 12.3. The van der Waals surface area contributed by atoms with Crippen molar-refractivity contribution >= 4 is 47.2 Å². The van der Waals surface area contributed by atoms with E-state index in [1.165, 1.54) is 0 Å². The fourth-order valence-electron chi connectivity index (χ4n) is 4.64. The predicted octanol–water partition coefficient (Wildman–Crippen LogP) is 0.404. The monoisotopic (exact) mass is 841 g/mol. The van der Waals surface area contributed by atoms with Gasteiger partial charge in [-0.05, 0) is 49.8 Å². The minimum absolute atomic E-state index is 0.0222. The van der Waals surface area contributed by atoms with E-state index in [0.717, 1.165) is 30.6 Å². The summed E-state index contributed by atoms with van der Waals surface area (Å²) >= 11 is 5.80. The smallest absolute Gasteiger partial charge is 0.314 e. The first-order chi connectivity index (χ1) is 28.2. The standard InChI is InChI=1S/C36H60ClN11O10/c37-30-32(39)47-31(38)29(46-30)33(50)48-34(40)41-10-2-1-5-27-6-8-28(9-7-27)58-26-25-57-24-23-56-22-20-54-17-14-45-36(52)43-12-4-3-11-42-35(51)44-13-16-53-19-21-55-18-15-49/h6-9,49H,1-5,10-26H2,(H4,38,39,47)(H2,42,44,51)(H2,43,45,52)(H3,40,41,48,50). The van der Waals surface area contributed by atoms with Crippen LogP contribution in [0.1, 0.15) is 41.7 Å². The van der Waals surface area contributed by atoms with Crippen molar-refractivity contribution in [3.05, 3.63) is 40.7 Å². The van der Waals surface area contributed by atoms with Gasteiger partial charge in [-0.25, -0.2) is 19.6 Å². The number of aryl methyl sites for hydroxylation is 1. The van der Waals surface area contributed by atoms with E-state index in [1.807, 2.05) is 24.3 Å². The van der Waals surface area contributed by atoms with E-state index >= 15 is 0 Å². The van der Waals surface area contributed by atoms with Crippen molar-refractivity contribution in [2.24, 2.45) is 0 Å². The summed E-state index contributed by atoms with van der Waals surface area (Å²) in [6, 6.07) is 7.28. The molecule has 0 atom stereocenters. The average molecular weight is 842 g/mol. The van der Waals surface area contributed by atoms with Crippen LogP contribution in [0.3, 0.4) is 0 Å². The summed E-state index contributed by atoms with van der Waals surface area (Å²) in [4.78, 5) is 43.5. The number of aromatic nitrogens is 2. The fraction of sp³-hybridized carbons (Fsp3) is 0.611. The van der Waals surface area contributed by atoms with Gasteiger partial charge in [-0.1, -0.05) is 23.7 Å². The molecule has 326 valence electrons. The number of hydrogen-bond donors (Lipinski definition) is 10. The Labute approximate surface area is 343 Å². The summed E-state index contributed by atoms with van der Waals surface area (Å²) in [5.41, 5.74) is 12.1. The Morgan fingerprint density at radius 2 is 1.10 bits per heavy atom. The third-order valence-electron chi connectivity index (χ3n) is 7.56. The van der Waals surface area contributed by atoms with Crippen LogP contribution >= 0.6 is 11.6 Å². The maximum atomic E-state index is 12.3. The van der Waals surface area contributed by atoms with E-state index in [0.29, 0.717) is 112 Å². The van der Waals surface area contributed by atoms with Gasteiger partial charge in [-0.2, -0.15) is 0 Å². The number of unbranched alkanes of at least 4 members (excludes halogenated alkanes) is 2. The summed E-state index contributed by atoms with van der Waals surface area (Å²) in [6.45, 7) is 6.46. The molecule has 21 nitrogen and oxygen atoms in total. The Hall–Kier alpha value is -4.77. The van der Waals surface area contributed by atoms with Crippen LogP contribution in [0.25, 0.3) is 0 Å². The van der Waals surface area contributed by atoms with Gasteiger partial charge in [0, 0.05) is 32.7 Å². The first-order valence-corrected chi connectivity index (χ1v) is 19.5. The molecule has 0 aliphatic carbocycles. The van der Waals surface area contributed by atoms with Gasteiger partial charge in [-0.3, -0.25) is 15.5 Å². The van der Waals surface area contributed by atoms with Crippen molar-refractivity contribution in [1.29, 1.82) is 5.41 Å². The number of guanidine groups is 1. The van der Waals surface area contributed by atoms with Crippen molar-refractivity contribution in [2.75, 3.05) is 123 Å². The van der Waals surface area contributed by atoms with Gasteiger partial charge in [0.2, 0.25) is 0 Å². The van der Waals surface area contributed by atoms with E-state index in [2.05, 4.69) is 41.9 Å². The number of halogens is 1. The number of anilines is 2. The van der Waals surface area contributed by atoms with Gasteiger partial charge in [0.05, 0.1) is 72.7 Å². The minimum atomic E-state index is -0.712. The number of rotatable bonds is 32. The number of carbonyl (C=O) groups excluding carboxylic acids is 3. The van der Waals surface area contributed by atoms with Crippen LogP contribution in [0, 0.1) is 5.41 Å². The van der Waals surface area contributed by atoms with Crippen LogP contribution in [0.5, 0.6) is 5.75 Å². The normalized spacial score (nSPS) is 10.8. The Morgan fingerprint density at radius 1 is 0.621 bits per heavy atom. The molecule has 22 heteroatoms. The van der Waals surface area contributed by atoms with Crippen molar-refractivity contribution in [2.45, 2.75) is 32.1 Å². The highest BCUT2D eigenvalue weighted by molar-refractivity contribution is 6.31. The molecule has 0 spiro atoms. The lowest BCUT2D eigenvalue weighted by Gasteiger charge is -2.11. The molecule has 0 unspecified atom stereocenters. The second-order valence-electron chi connectivity index (χ2n) is 12.2. The Balaban J connectivity index is 1.32. The number of urea groups is 2. The van der Waals surface area contributed by atoms with E-state index in [4.69, 9.17) is 62.0 Å². The first-order valence-electron chi connectivity index (χ1n) is 19.2. The summed E-state index contributed by atoms with van der Waals surface area (Å²) in [6.07, 6.45) is 3.92. The molecule has 0 saturated heterocycles. The minimum Gasteiger partial charge on any atom is -0.491 e. The van der Waals surface area contributed by atoms with E-state index in [9.17, 15) is 14.4 Å². The topological polar surface area (TPSA) is 301 Å². The number of nitrogens with zero attached hydrogens (tertiary/aromatic N) is 2. The highest BCUT2D eigenvalue weighted by Crippen LogP contribution is 2.17. The average Bonchev–Trinajstić information content (AvgIpc) is 3.20. The summed E-state index contributed by atoms with van der Waals surface area (Å²) in [5.74, 6) is -0.414. The molecule has 0 bridgehead atoms. The number of hydrogen-bond acceptors (Lipinski definition) is 15. The van der Waals surface area contributed by atoms with Crippen LogP contribution in [-0.4, -0.2) is 151 Å². The molecule has 0 aliphatic rings. The van der Waals surface area contributed by atoms with E-state index < -0.39 is 5.91 Å². The zero-order chi connectivity index (χ0) is 42.1. The molecular formula is C36H60ClN11O10. The van der Waals surface area contributed by atoms with E-state index in [1.54, 1.807) is 0 Å². The van der Waals surface area contributed by atoms with E-state index in [-0.39, 0.29) is 53.7 Å². The highest BCUT2D eigenvalue weighted by atomic mass is 35.5. The van der Waals surface area contributed by atoms with Gasteiger partial charge in [0.25, 0.3) is 5.91 Å². The van der Waals surface area contributed by atoms with Crippen LogP contribution in [-0.2, 0) is 30.1 Å². The molecule has 0 fully saturated rings. The van der Waals surface area contributed by atoms with Gasteiger partial charge in [0.15, 0.2) is 28.4 Å². The molecule has 0 saturated carbocycles. The summed E-state index contributed by atoms with van der Waals surface area (Å²) in [5, 5.41) is 32.5. The van der Waals surface area contributed by atoms with Gasteiger partial charge in [0.1, 0.15) is 12.4 Å². The van der Waals surface area contributed by atoms with Gasteiger partial charge < -0.3 is 71.6 Å². The number of nitrogen functional groups attached to an aromatic ring is 2. The van der Waals surface area contributed by atoms with Crippen molar-refractivity contribution in [1.82, 2.24) is 41.9 Å². The van der Waals surface area contributed by atoms with Crippen LogP contribution < -0.4 is 48.1 Å². The number of benzene rings is 1. The molecule has 5 amide bonds. The third-order valence-corrected chi connectivity index (χ3v) is 7.84. The highest BCUT2D eigenvalue weighted by Gasteiger charge is 2.17. The first kappa shape index (κ1) is 49.4. The molecule has 0 aliphatic heterocycles. The predicted molar refractivity (Wildman–Crippen MR) is 217 cm³/mol. The fourth-order valence-corrected chi connectivity index (χ4v) is 4.77. The zero-order valence-electron chi connectivity index (χ0n) is 32.9. The third kappa shape index (κ3) is 24.8. The molecule has 1 aromatic heterocycles. The molecule has 1 heterocycles. The Bertz CT molecular complexity index is 1460. The van der Waals surface area contributed by atoms with Crippen LogP contribution in [0.2, 0.25) is 5.15 Å². The number of aliphatic hydroxyl groups is 1. The van der Waals surface area contributed by atoms with Crippen molar-refractivity contribution in [3.8, 4) is 5.75 Å². The molecular weight excluding hydrogens is 782 g/mol. The van der Waals surface area contributed by atoms with Crippen molar-refractivity contribution < 1.29 is 47.9 Å². The second kappa shape index (κ2) is 32.2. The van der Waals surface area contributed by atoms with Gasteiger partial charge in [-0.15, -0.1) is 0 Å². The zero-order valence-corrected chi connectivity index (χ0v) is 33.7. The number of ether oxygens (including phenoxy) is 6. The SMILES string of the molecule is N=C(NCCCCc1ccc(OCCOCCOCCOCCNC(=O)NCCCCNC(=O)NCCOCCOCCO)cc1)NC(=O)c1nc(Cl)c(N)nc1N. The number of carbonyl (C=O) groups is 3. The molecule has 1 aromatic carbocycles. The lowest BCUT2D eigenvalue weighted by molar-refractivity contribution is 0.0101. The van der Waals surface area contributed by atoms with Crippen molar-refractivity contribution in [3.63, 3.8) is 0 Å². The second-order valence-corrected chi connectivity index (χ2v) is 12.6. The number of nitrogens with two attached hydrogens (primary N) is 2. The number of nitrogens with one attached hydrogen (secondary N) is 7. The number of amides is 5. The largest absolute Gasteiger partial charge is 0.491 e. The van der Waals surface area contributed by atoms with Crippen LogP contribution in [0.4, 0.5) is 21.2 Å².